The quantitative estimate of drug-likeness (QED) is 0.509. The zero-order valence-corrected chi connectivity index (χ0v) is 18.6. The minimum atomic E-state index is -4.38. The number of anilines is 3. The van der Waals surface area contributed by atoms with Crippen LogP contribution in [-0.4, -0.2) is 74.3 Å². The van der Waals surface area contributed by atoms with Crippen LogP contribution in [0.1, 0.15) is 19.5 Å². The van der Waals surface area contributed by atoms with Crippen LogP contribution in [0.2, 0.25) is 0 Å². The van der Waals surface area contributed by atoms with E-state index in [2.05, 4.69) is 44.4 Å². The van der Waals surface area contributed by atoms with Gasteiger partial charge < -0.3 is 20.3 Å². The lowest BCUT2D eigenvalue weighted by atomic mass is 10.1. The van der Waals surface area contributed by atoms with Crippen LogP contribution >= 0.6 is 0 Å². The van der Waals surface area contributed by atoms with Crippen molar-refractivity contribution in [2.24, 2.45) is 0 Å². The summed E-state index contributed by atoms with van der Waals surface area (Å²) in [5, 5.41) is 11.2. The number of nitrogens with zero attached hydrogens (tertiary/aromatic N) is 7. The van der Waals surface area contributed by atoms with Crippen molar-refractivity contribution in [3.05, 3.63) is 24.3 Å². The Balaban J connectivity index is 1.70. The van der Waals surface area contributed by atoms with Gasteiger partial charge in [0.2, 0.25) is 5.95 Å². The van der Waals surface area contributed by atoms with Gasteiger partial charge in [0.25, 0.3) is 0 Å². The second-order valence-electron chi connectivity index (χ2n) is 8.14. The lowest BCUT2D eigenvalue weighted by molar-refractivity contribution is -0.174. The molecule has 2 N–H and O–H groups in total. The van der Waals surface area contributed by atoms with E-state index < -0.39 is 12.8 Å². The normalized spacial score (nSPS) is 19.3. The third-order valence-electron chi connectivity index (χ3n) is 5.13. The highest BCUT2D eigenvalue weighted by Gasteiger charge is 2.28. The molecule has 3 aromatic rings. The second kappa shape index (κ2) is 9.43. The highest BCUT2D eigenvalue weighted by Crippen LogP contribution is 2.28. The van der Waals surface area contributed by atoms with Crippen LogP contribution in [0.5, 0.6) is 0 Å². The van der Waals surface area contributed by atoms with Crippen LogP contribution in [0, 0.1) is 6.92 Å². The number of alkyl halides is 3. The average molecular weight is 465 g/mol. The monoisotopic (exact) mass is 465 g/mol. The Bertz CT molecular complexity index is 1080. The van der Waals surface area contributed by atoms with Crippen molar-refractivity contribution in [3.8, 4) is 0 Å². The molecule has 1 aliphatic heterocycles. The maximum atomic E-state index is 12.4. The number of piperazine rings is 1. The third kappa shape index (κ3) is 5.66. The molecule has 13 heteroatoms. The maximum absolute atomic E-state index is 12.4. The summed E-state index contributed by atoms with van der Waals surface area (Å²) < 4.78 is 43.6. The lowest BCUT2D eigenvalue weighted by Crippen LogP contribution is -2.54. The molecular weight excluding hydrogens is 439 g/mol. The SMILES string of the molecule is Cc1nn(CCOCC(F)(F)F)c2c(Nc3ccncn3)nc(N3C[C@@H](C)N[C@@H](C)C3)nc12. The van der Waals surface area contributed by atoms with Crippen LogP contribution in [-0.2, 0) is 11.3 Å². The summed E-state index contributed by atoms with van der Waals surface area (Å²) in [6.07, 6.45) is -1.37. The van der Waals surface area contributed by atoms with E-state index in [1.807, 2.05) is 6.92 Å². The van der Waals surface area contributed by atoms with Crippen molar-refractivity contribution < 1.29 is 17.9 Å². The number of rotatable bonds is 7. The second-order valence-corrected chi connectivity index (χ2v) is 8.14. The van der Waals surface area contributed by atoms with E-state index in [0.29, 0.717) is 34.3 Å². The summed E-state index contributed by atoms with van der Waals surface area (Å²) in [4.78, 5) is 19.8. The molecule has 10 nitrogen and oxygen atoms in total. The zero-order valence-electron chi connectivity index (χ0n) is 18.6. The molecule has 0 spiro atoms. The van der Waals surface area contributed by atoms with E-state index in [4.69, 9.17) is 14.7 Å². The first kappa shape index (κ1) is 23.1. The fourth-order valence-electron chi connectivity index (χ4n) is 3.92. The van der Waals surface area contributed by atoms with Gasteiger partial charge in [0.1, 0.15) is 29.8 Å². The molecule has 1 fully saturated rings. The van der Waals surface area contributed by atoms with E-state index in [1.165, 1.54) is 6.33 Å². The Hall–Kier alpha value is -3.06. The van der Waals surface area contributed by atoms with Gasteiger partial charge in [-0.05, 0) is 26.8 Å². The Kier molecular flexibility index (Phi) is 6.61. The first-order chi connectivity index (χ1) is 15.7. The molecular formula is C20H26F3N9O. The van der Waals surface area contributed by atoms with Crippen LogP contribution in [0.3, 0.4) is 0 Å². The van der Waals surface area contributed by atoms with Gasteiger partial charge in [-0.1, -0.05) is 0 Å². The minimum Gasteiger partial charge on any atom is -0.370 e. The summed E-state index contributed by atoms with van der Waals surface area (Å²) in [5.41, 5.74) is 1.83. The number of halogens is 3. The molecule has 3 aromatic heterocycles. The van der Waals surface area contributed by atoms with Crippen molar-refractivity contribution in [1.29, 1.82) is 0 Å². The predicted molar refractivity (Wildman–Crippen MR) is 117 cm³/mol. The van der Waals surface area contributed by atoms with Crippen molar-refractivity contribution in [2.45, 2.75) is 45.6 Å². The molecule has 4 heterocycles. The molecule has 1 saturated heterocycles. The van der Waals surface area contributed by atoms with Crippen molar-refractivity contribution in [1.82, 2.24) is 35.0 Å². The van der Waals surface area contributed by atoms with Crippen LogP contribution in [0.4, 0.5) is 30.8 Å². The van der Waals surface area contributed by atoms with Crippen LogP contribution < -0.4 is 15.5 Å². The molecule has 0 bridgehead atoms. The van der Waals surface area contributed by atoms with E-state index in [1.54, 1.807) is 16.9 Å². The molecule has 0 saturated carbocycles. The smallest absolute Gasteiger partial charge is 0.370 e. The number of hydrogen-bond acceptors (Lipinski definition) is 9. The van der Waals surface area contributed by atoms with Crippen molar-refractivity contribution in [3.63, 3.8) is 0 Å². The molecule has 178 valence electrons. The fraction of sp³-hybridized carbons (Fsp3) is 0.550. The summed E-state index contributed by atoms with van der Waals surface area (Å²) in [6, 6.07) is 2.23. The standard InChI is InChI=1S/C20H26F3N9O/c1-12-8-31(9-13(2)26-12)19-28-16-14(3)30-32(6-7-33-10-20(21,22)23)17(16)18(29-19)27-15-4-5-24-11-25-15/h4-5,11-13,26H,6-10H2,1-3H3,(H,24,25,27,28,29)/t12-,13+. The first-order valence-electron chi connectivity index (χ1n) is 10.6. The van der Waals surface area contributed by atoms with Gasteiger partial charge in [-0.25, -0.2) is 15.0 Å². The van der Waals surface area contributed by atoms with E-state index in [-0.39, 0.29) is 25.2 Å². The summed E-state index contributed by atoms with van der Waals surface area (Å²) in [5.74, 6) is 1.54. The molecule has 4 rings (SSSR count). The maximum Gasteiger partial charge on any atom is 0.411 e. The van der Waals surface area contributed by atoms with Gasteiger partial charge in [-0.3, -0.25) is 4.68 Å². The van der Waals surface area contributed by atoms with Gasteiger partial charge in [0, 0.05) is 31.4 Å². The zero-order chi connectivity index (χ0) is 23.6. The number of aromatic nitrogens is 6. The number of aryl methyl sites for hydroxylation is 1. The Morgan fingerprint density at radius 1 is 1.21 bits per heavy atom. The summed E-state index contributed by atoms with van der Waals surface area (Å²) in [6.45, 7) is 6.14. The van der Waals surface area contributed by atoms with Crippen molar-refractivity contribution >= 4 is 28.6 Å². The Morgan fingerprint density at radius 3 is 2.64 bits per heavy atom. The van der Waals surface area contributed by atoms with E-state index >= 15 is 0 Å². The summed E-state index contributed by atoms with van der Waals surface area (Å²) in [7, 11) is 0. The number of ether oxygens (including phenoxy) is 1. The van der Waals surface area contributed by atoms with Crippen molar-refractivity contribution in [2.75, 3.05) is 36.5 Å². The highest BCUT2D eigenvalue weighted by atomic mass is 19.4. The Labute approximate surface area is 188 Å². The minimum absolute atomic E-state index is 0.114. The van der Waals surface area contributed by atoms with Gasteiger partial charge in [-0.2, -0.15) is 23.3 Å². The number of nitrogens with one attached hydrogen (secondary N) is 2. The molecule has 1 aliphatic rings. The van der Waals surface area contributed by atoms with Gasteiger partial charge in [0.05, 0.1) is 18.8 Å². The molecule has 0 unspecified atom stereocenters. The average Bonchev–Trinajstić information content (AvgIpc) is 3.06. The molecule has 0 radical (unpaired) electrons. The topological polar surface area (TPSA) is 106 Å². The molecule has 2 atom stereocenters. The third-order valence-corrected chi connectivity index (χ3v) is 5.13. The molecule has 0 amide bonds. The lowest BCUT2D eigenvalue weighted by Gasteiger charge is -2.36. The van der Waals surface area contributed by atoms with Gasteiger partial charge in [0.15, 0.2) is 5.82 Å². The van der Waals surface area contributed by atoms with Crippen LogP contribution in [0.15, 0.2) is 18.6 Å². The van der Waals surface area contributed by atoms with Crippen LogP contribution in [0.25, 0.3) is 11.0 Å². The van der Waals surface area contributed by atoms with Gasteiger partial charge in [-0.15, -0.1) is 0 Å². The van der Waals surface area contributed by atoms with E-state index in [9.17, 15) is 13.2 Å². The van der Waals surface area contributed by atoms with Gasteiger partial charge >= 0.3 is 6.18 Å². The molecule has 33 heavy (non-hydrogen) atoms. The number of fused-ring (bicyclic) bond motifs is 1. The first-order valence-corrected chi connectivity index (χ1v) is 10.6. The fourth-order valence-corrected chi connectivity index (χ4v) is 3.92. The molecule has 0 aromatic carbocycles. The summed E-state index contributed by atoms with van der Waals surface area (Å²) >= 11 is 0. The highest BCUT2D eigenvalue weighted by molar-refractivity contribution is 5.90. The largest absolute Gasteiger partial charge is 0.411 e. The Morgan fingerprint density at radius 2 is 1.97 bits per heavy atom. The predicted octanol–water partition coefficient (Wildman–Crippen LogP) is 2.43. The van der Waals surface area contributed by atoms with E-state index in [0.717, 1.165) is 13.1 Å². The molecule has 0 aliphatic carbocycles. The number of hydrogen-bond donors (Lipinski definition) is 2.